The summed E-state index contributed by atoms with van der Waals surface area (Å²) in [6, 6.07) is 10.1. The molecule has 0 saturated heterocycles. The summed E-state index contributed by atoms with van der Waals surface area (Å²) in [5, 5.41) is 4.12. The first-order valence-corrected chi connectivity index (χ1v) is 7.51. The van der Waals surface area contributed by atoms with E-state index in [0.717, 1.165) is 56.4 Å². The third-order valence-corrected chi connectivity index (χ3v) is 4.65. The highest BCUT2D eigenvalue weighted by Crippen LogP contribution is 2.41. The molecule has 0 unspecified atom stereocenters. The maximum absolute atomic E-state index is 6.52. The minimum absolute atomic E-state index is 0.756. The lowest BCUT2D eigenvalue weighted by Crippen LogP contribution is -1.90. The van der Waals surface area contributed by atoms with Gasteiger partial charge in [-0.1, -0.05) is 35.9 Å². The lowest BCUT2D eigenvalue weighted by molar-refractivity contribution is 0.672. The highest BCUT2D eigenvalue weighted by Gasteiger charge is 2.20. The van der Waals surface area contributed by atoms with Gasteiger partial charge >= 0.3 is 0 Å². The predicted octanol–water partition coefficient (Wildman–Crippen LogP) is 5.68. The normalized spacial score (nSPS) is 14.3. The molecule has 21 heavy (non-hydrogen) atoms. The van der Waals surface area contributed by atoms with Crippen molar-refractivity contribution in [2.24, 2.45) is 0 Å². The van der Waals surface area contributed by atoms with Gasteiger partial charge in [0.15, 0.2) is 0 Å². The Labute approximate surface area is 126 Å². The number of hydrogen-bond acceptors (Lipinski definition) is 1. The number of allylic oxidation sites excluding steroid dienone is 1. The van der Waals surface area contributed by atoms with Gasteiger partial charge in [0.2, 0.25) is 0 Å². The van der Waals surface area contributed by atoms with Crippen LogP contribution in [0.1, 0.15) is 17.7 Å². The van der Waals surface area contributed by atoms with Crippen molar-refractivity contribution < 1.29 is 4.42 Å². The van der Waals surface area contributed by atoms with Crippen molar-refractivity contribution in [2.45, 2.75) is 12.8 Å². The number of aromatic amines is 1. The number of halogens is 1. The predicted molar refractivity (Wildman–Crippen MR) is 87.9 cm³/mol. The first-order valence-electron chi connectivity index (χ1n) is 7.14. The Bertz CT molecular complexity index is 1050. The maximum Gasteiger partial charge on any atom is 0.145 e. The molecule has 2 nitrogen and oxygen atoms in total. The topological polar surface area (TPSA) is 28.9 Å². The van der Waals surface area contributed by atoms with Gasteiger partial charge in [0.05, 0.1) is 10.5 Å². The molecule has 2 heterocycles. The van der Waals surface area contributed by atoms with Gasteiger partial charge in [0.1, 0.15) is 11.2 Å². The van der Waals surface area contributed by atoms with Gasteiger partial charge in [-0.25, -0.2) is 0 Å². The second-order valence-corrected chi connectivity index (χ2v) is 5.95. The number of furan rings is 1. The third kappa shape index (κ3) is 1.43. The van der Waals surface area contributed by atoms with Crippen molar-refractivity contribution in [3.63, 3.8) is 0 Å². The first kappa shape index (κ1) is 11.5. The number of aryl methyl sites for hydroxylation is 1. The Morgan fingerprint density at radius 2 is 2.05 bits per heavy atom. The molecule has 2 aromatic carbocycles. The van der Waals surface area contributed by atoms with E-state index in [1.165, 1.54) is 5.56 Å². The van der Waals surface area contributed by atoms with Gasteiger partial charge in [-0.2, -0.15) is 0 Å². The van der Waals surface area contributed by atoms with Crippen LogP contribution in [0.5, 0.6) is 0 Å². The average molecular weight is 294 g/mol. The third-order valence-electron chi connectivity index (χ3n) is 4.35. The molecule has 0 fully saturated rings. The van der Waals surface area contributed by atoms with Gasteiger partial charge < -0.3 is 9.40 Å². The summed E-state index contributed by atoms with van der Waals surface area (Å²) in [5.41, 5.74) is 5.32. The van der Waals surface area contributed by atoms with Gasteiger partial charge in [0, 0.05) is 21.9 Å². The smallest absolute Gasteiger partial charge is 0.145 e. The van der Waals surface area contributed by atoms with Crippen LogP contribution in [0.3, 0.4) is 0 Å². The Hall–Kier alpha value is -2.19. The summed E-state index contributed by atoms with van der Waals surface area (Å²) < 4.78 is 6.14. The van der Waals surface area contributed by atoms with Crippen LogP contribution in [0.25, 0.3) is 38.9 Å². The summed E-state index contributed by atoms with van der Waals surface area (Å²) in [4.78, 5) is 3.44. The summed E-state index contributed by atoms with van der Waals surface area (Å²) in [6.07, 6.45) is 6.43. The number of benzene rings is 2. The quantitative estimate of drug-likeness (QED) is 0.444. The summed E-state index contributed by atoms with van der Waals surface area (Å²) >= 11 is 6.52. The van der Waals surface area contributed by atoms with Crippen LogP contribution in [0, 0.1) is 0 Å². The number of fused-ring (bicyclic) bond motifs is 7. The lowest BCUT2D eigenvalue weighted by atomic mass is 9.99. The standard InChI is InChI=1S/C18H12ClNO/c19-13-9-12-10-5-2-4-8-15(10)21-18(12)16-11-6-1-3-7-14(11)20-17(13)16/h2-5,7-9,20H,1,6H2. The molecule has 0 spiro atoms. The number of rotatable bonds is 0. The molecule has 0 amide bonds. The fourth-order valence-corrected chi connectivity index (χ4v) is 3.66. The zero-order valence-electron chi connectivity index (χ0n) is 11.2. The molecule has 0 saturated carbocycles. The fraction of sp³-hybridized carbons (Fsp3) is 0.111. The van der Waals surface area contributed by atoms with Gasteiger partial charge in [0.25, 0.3) is 0 Å². The molecule has 3 heteroatoms. The Balaban J connectivity index is 2.08. The van der Waals surface area contributed by atoms with E-state index < -0.39 is 0 Å². The van der Waals surface area contributed by atoms with Crippen LogP contribution in [0.15, 0.2) is 40.8 Å². The molecule has 102 valence electrons. The average Bonchev–Trinajstić information content (AvgIpc) is 3.06. The number of nitrogens with one attached hydrogen (secondary N) is 1. The van der Waals surface area contributed by atoms with E-state index in [2.05, 4.69) is 23.2 Å². The largest absolute Gasteiger partial charge is 0.455 e. The van der Waals surface area contributed by atoms with E-state index >= 15 is 0 Å². The van der Waals surface area contributed by atoms with Crippen LogP contribution in [0.4, 0.5) is 0 Å². The van der Waals surface area contributed by atoms with Gasteiger partial charge in [-0.15, -0.1) is 0 Å². The van der Waals surface area contributed by atoms with Crippen molar-refractivity contribution in [3.05, 3.63) is 52.7 Å². The molecule has 0 radical (unpaired) electrons. The molecular weight excluding hydrogens is 282 g/mol. The van der Waals surface area contributed by atoms with E-state index in [1.54, 1.807) is 0 Å². The van der Waals surface area contributed by atoms with Crippen LogP contribution in [0.2, 0.25) is 5.02 Å². The van der Waals surface area contributed by atoms with Crippen LogP contribution in [-0.4, -0.2) is 4.98 Å². The van der Waals surface area contributed by atoms with E-state index in [9.17, 15) is 0 Å². The van der Waals surface area contributed by atoms with Gasteiger partial charge in [-0.3, -0.25) is 0 Å². The van der Waals surface area contributed by atoms with Gasteiger partial charge in [-0.05, 0) is 36.6 Å². The number of aromatic nitrogens is 1. The maximum atomic E-state index is 6.52. The zero-order valence-corrected chi connectivity index (χ0v) is 12.0. The Morgan fingerprint density at radius 1 is 1.14 bits per heavy atom. The number of hydrogen-bond donors (Lipinski definition) is 1. The first-order chi connectivity index (χ1) is 10.3. The van der Waals surface area contributed by atoms with Crippen molar-refractivity contribution in [1.29, 1.82) is 0 Å². The number of H-pyrrole nitrogens is 1. The van der Waals surface area contributed by atoms with Crippen LogP contribution < -0.4 is 0 Å². The molecule has 4 aromatic rings. The molecule has 5 rings (SSSR count). The van der Waals surface area contributed by atoms with E-state index in [0.29, 0.717) is 0 Å². The molecule has 0 atom stereocenters. The molecule has 0 bridgehead atoms. The second kappa shape index (κ2) is 3.92. The minimum atomic E-state index is 0.756. The van der Waals surface area contributed by atoms with Crippen molar-refractivity contribution >= 4 is 50.5 Å². The van der Waals surface area contributed by atoms with E-state index in [1.807, 2.05) is 24.3 Å². The summed E-state index contributed by atoms with van der Waals surface area (Å²) in [6.45, 7) is 0. The van der Waals surface area contributed by atoms with Crippen molar-refractivity contribution in [1.82, 2.24) is 4.98 Å². The highest BCUT2D eigenvalue weighted by atomic mass is 35.5. The fourth-order valence-electron chi connectivity index (χ4n) is 3.41. The minimum Gasteiger partial charge on any atom is -0.455 e. The summed E-state index contributed by atoms with van der Waals surface area (Å²) in [7, 11) is 0. The molecule has 1 aliphatic carbocycles. The molecule has 0 aliphatic heterocycles. The summed E-state index contributed by atoms with van der Waals surface area (Å²) in [5.74, 6) is 0. The Kier molecular flexibility index (Phi) is 2.14. The molecule has 1 aliphatic rings. The molecular formula is C18H12ClNO. The second-order valence-electron chi connectivity index (χ2n) is 5.54. The molecule has 1 N–H and O–H groups in total. The van der Waals surface area contributed by atoms with Crippen molar-refractivity contribution in [2.75, 3.05) is 0 Å². The van der Waals surface area contributed by atoms with Crippen LogP contribution in [-0.2, 0) is 6.42 Å². The number of para-hydroxylation sites is 1. The SMILES string of the molecule is Clc1cc2c3ccccc3oc2c2c3c([nH]c12)C=CCC3. The van der Waals surface area contributed by atoms with Crippen LogP contribution >= 0.6 is 11.6 Å². The van der Waals surface area contributed by atoms with E-state index in [-0.39, 0.29) is 0 Å². The lowest BCUT2D eigenvalue weighted by Gasteiger charge is -2.04. The monoisotopic (exact) mass is 293 g/mol. The highest BCUT2D eigenvalue weighted by molar-refractivity contribution is 6.38. The van der Waals surface area contributed by atoms with Crippen molar-refractivity contribution in [3.8, 4) is 0 Å². The molecule has 2 aromatic heterocycles. The zero-order chi connectivity index (χ0) is 14.0. The Morgan fingerprint density at radius 3 is 3.00 bits per heavy atom. The van der Waals surface area contributed by atoms with E-state index in [4.69, 9.17) is 16.0 Å².